The molecule has 1 aliphatic heterocycles. The van der Waals surface area contributed by atoms with E-state index in [1.165, 1.54) is 23.0 Å². The van der Waals surface area contributed by atoms with Crippen molar-refractivity contribution in [2.75, 3.05) is 6.54 Å². The lowest BCUT2D eigenvalue weighted by Gasteiger charge is -2.38. The van der Waals surface area contributed by atoms with E-state index in [0.717, 1.165) is 31.4 Å². The molecule has 5 nitrogen and oxygen atoms in total. The molecule has 1 aromatic carbocycles. The van der Waals surface area contributed by atoms with Gasteiger partial charge in [-0.15, -0.1) is 12.4 Å². The zero-order valence-electron chi connectivity index (χ0n) is 15.7. The smallest absolute Gasteiger partial charge is 0.334 e. The maximum Gasteiger partial charge on any atom is 0.416 e. The summed E-state index contributed by atoms with van der Waals surface area (Å²) in [5, 5.41) is 4.17. The number of hydrogen-bond acceptors (Lipinski definition) is 3. The number of piperidine rings is 1. The molecule has 0 spiro atoms. The Balaban J connectivity index is 0.00000280. The van der Waals surface area contributed by atoms with E-state index in [-0.39, 0.29) is 36.1 Å². The number of nitrogens with two attached hydrogens (primary N) is 1. The second kappa shape index (κ2) is 8.53. The minimum absolute atomic E-state index is 0. The van der Waals surface area contributed by atoms with Crippen molar-refractivity contribution in [3.63, 3.8) is 0 Å². The molecule has 0 radical (unpaired) electrons. The van der Waals surface area contributed by atoms with Crippen LogP contribution in [0.15, 0.2) is 30.5 Å². The van der Waals surface area contributed by atoms with Gasteiger partial charge in [-0.3, -0.25) is 4.79 Å². The van der Waals surface area contributed by atoms with Crippen LogP contribution in [-0.2, 0) is 6.18 Å². The first-order valence-electron chi connectivity index (χ1n) is 8.99. The lowest BCUT2D eigenvalue weighted by molar-refractivity contribution is -0.137. The summed E-state index contributed by atoms with van der Waals surface area (Å²) >= 11 is 0. The summed E-state index contributed by atoms with van der Waals surface area (Å²) in [4.78, 5) is 14.8. The molecule has 2 N–H and O–H groups in total. The quantitative estimate of drug-likeness (QED) is 0.823. The van der Waals surface area contributed by atoms with Crippen molar-refractivity contribution >= 4 is 18.3 Å². The SMILES string of the molecule is Cc1c(C(=O)N2CCCCC2C(C)N)cnn1-c1cccc(C(F)(F)F)c1.Cl. The van der Waals surface area contributed by atoms with Gasteiger partial charge in [-0.2, -0.15) is 18.3 Å². The van der Waals surface area contributed by atoms with Gasteiger partial charge in [0.25, 0.3) is 5.91 Å². The van der Waals surface area contributed by atoms with E-state index in [1.807, 2.05) is 6.92 Å². The van der Waals surface area contributed by atoms with Gasteiger partial charge in [0.15, 0.2) is 0 Å². The summed E-state index contributed by atoms with van der Waals surface area (Å²) in [6.07, 6.45) is -0.225. The molecule has 1 aromatic heterocycles. The summed E-state index contributed by atoms with van der Waals surface area (Å²) in [5.41, 5.74) is 6.45. The van der Waals surface area contributed by atoms with Crippen molar-refractivity contribution in [1.82, 2.24) is 14.7 Å². The Morgan fingerprint density at radius 2 is 2.04 bits per heavy atom. The van der Waals surface area contributed by atoms with Crippen molar-refractivity contribution in [2.45, 2.75) is 51.4 Å². The first-order valence-corrected chi connectivity index (χ1v) is 8.99. The standard InChI is InChI=1S/C19H23F3N4O.ClH/c1-12(23)17-8-3-4-9-25(17)18(27)16-11-24-26(13(16)2)15-7-5-6-14(10-15)19(20,21)22;/h5-7,10-12,17H,3-4,8-9,23H2,1-2H3;1H. The molecular formula is C19H24ClF3N4O. The fourth-order valence-electron chi connectivity index (χ4n) is 3.60. The van der Waals surface area contributed by atoms with E-state index in [1.54, 1.807) is 11.8 Å². The average Bonchev–Trinajstić information content (AvgIpc) is 3.02. The fraction of sp³-hybridized carbons (Fsp3) is 0.474. The van der Waals surface area contributed by atoms with Crippen LogP contribution in [0.25, 0.3) is 5.69 Å². The van der Waals surface area contributed by atoms with Crippen LogP contribution in [0.4, 0.5) is 13.2 Å². The molecule has 1 fully saturated rings. The minimum Gasteiger partial charge on any atom is -0.334 e. The van der Waals surface area contributed by atoms with E-state index in [0.29, 0.717) is 17.8 Å². The minimum atomic E-state index is -4.44. The Kier molecular flexibility index (Phi) is 6.77. The van der Waals surface area contributed by atoms with E-state index in [2.05, 4.69) is 5.10 Å². The third-order valence-corrected chi connectivity index (χ3v) is 5.08. The number of hydrogen-bond donors (Lipinski definition) is 1. The van der Waals surface area contributed by atoms with Gasteiger partial charge < -0.3 is 10.6 Å². The van der Waals surface area contributed by atoms with Crippen molar-refractivity contribution in [3.8, 4) is 5.69 Å². The number of carbonyl (C=O) groups excluding carboxylic acids is 1. The lowest BCUT2D eigenvalue weighted by atomic mass is 9.96. The summed E-state index contributed by atoms with van der Waals surface area (Å²) in [7, 11) is 0. The maximum atomic E-state index is 13.0. The molecular weight excluding hydrogens is 393 g/mol. The monoisotopic (exact) mass is 416 g/mol. The molecule has 0 aliphatic carbocycles. The van der Waals surface area contributed by atoms with E-state index < -0.39 is 11.7 Å². The number of likely N-dealkylation sites (tertiary alicyclic amines) is 1. The molecule has 1 saturated heterocycles. The molecule has 28 heavy (non-hydrogen) atoms. The van der Waals surface area contributed by atoms with Gasteiger partial charge in [0.05, 0.1) is 28.7 Å². The van der Waals surface area contributed by atoms with Crippen molar-refractivity contribution in [1.29, 1.82) is 0 Å². The van der Waals surface area contributed by atoms with E-state index >= 15 is 0 Å². The number of aromatic nitrogens is 2. The Morgan fingerprint density at radius 1 is 1.32 bits per heavy atom. The number of amides is 1. The first-order chi connectivity index (χ1) is 12.7. The Bertz CT molecular complexity index is 835. The van der Waals surface area contributed by atoms with Crippen LogP contribution in [-0.4, -0.2) is 39.2 Å². The van der Waals surface area contributed by atoms with Crippen molar-refractivity contribution in [3.05, 3.63) is 47.3 Å². The van der Waals surface area contributed by atoms with Gasteiger partial charge in [0.1, 0.15) is 0 Å². The molecule has 1 amide bonds. The normalized spacial score (nSPS) is 18.5. The molecule has 9 heteroatoms. The first kappa shape index (κ1) is 22.2. The fourth-order valence-corrected chi connectivity index (χ4v) is 3.60. The zero-order chi connectivity index (χ0) is 19.8. The van der Waals surface area contributed by atoms with Gasteiger partial charge in [0, 0.05) is 18.6 Å². The highest BCUT2D eigenvalue weighted by atomic mass is 35.5. The van der Waals surface area contributed by atoms with Gasteiger partial charge >= 0.3 is 6.18 Å². The number of halogens is 4. The van der Waals surface area contributed by atoms with Gasteiger partial charge in [-0.1, -0.05) is 6.07 Å². The third-order valence-electron chi connectivity index (χ3n) is 5.08. The van der Waals surface area contributed by atoms with Gasteiger partial charge in [-0.05, 0) is 51.3 Å². The second-order valence-electron chi connectivity index (χ2n) is 7.02. The molecule has 0 bridgehead atoms. The maximum absolute atomic E-state index is 13.0. The summed E-state index contributed by atoms with van der Waals surface area (Å²) in [6, 6.07) is 4.72. The Hall–Kier alpha value is -2.06. The molecule has 2 unspecified atom stereocenters. The number of rotatable bonds is 3. The summed E-state index contributed by atoms with van der Waals surface area (Å²) in [5.74, 6) is -0.173. The van der Waals surface area contributed by atoms with Crippen LogP contribution in [0.5, 0.6) is 0 Å². The average molecular weight is 417 g/mol. The van der Waals surface area contributed by atoms with Crippen LogP contribution in [0.1, 0.15) is 47.8 Å². The topological polar surface area (TPSA) is 64.2 Å². The van der Waals surface area contributed by atoms with Crippen LogP contribution >= 0.6 is 12.4 Å². The highest BCUT2D eigenvalue weighted by Gasteiger charge is 2.33. The zero-order valence-corrected chi connectivity index (χ0v) is 16.6. The second-order valence-corrected chi connectivity index (χ2v) is 7.02. The van der Waals surface area contributed by atoms with Crippen LogP contribution in [0.3, 0.4) is 0 Å². The predicted molar refractivity (Wildman–Crippen MR) is 103 cm³/mol. The van der Waals surface area contributed by atoms with Crippen LogP contribution in [0, 0.1) is 6.92 Å². The Labute approximate surface area is 168 Å². The Morgan fingerprint density at radius 3 is 2.68 bits per heavy atom. The number of benzene rings is 1. The predicted octanol–water partition coefficient (Wildman–Crippen LogP) is 3.96. The summed E-state index contributed by atoms with van der Waals surface area (Å²) in [6.45, 7) is 4.19. The van der Waals surface area contributed by atoms with Crippen molar-refractivity contribution < 1.29 is 18.0 Å². The highest BCUT2D eigenvalue weighted by molar-refractivity contribution is 5.95. The molecule has 2 atom stereocenters. The largest absolute Gasteiger partial charge is 0.416 e. The molecule has 154 valence electrons. The molecule has 3 rings (SSSR count). The molecule has 2 heterocycles. The molecule has 0 saturated carbocycles. The van der Waals surface area contributed by atoms with E-state index in [4.69, 9.17) is 5.73 Å². The van der Waals surface area contributed by atoms with Crippen LogP contribution < -0.4 is 5.73 Å². The number of carbonyl (C=O) groups is 1. The van der Waals surface area contributed by atoms with Crippen LogP contribution in [0.2, 0.25) is 0 Å². The molecule has 1 aliphatic rings. The number of alkyl halides is 3. The van der Waals surface area contributed by atoms with Crippen molar-refractivity contribution in [2.24, 2.45) is 5.73 Å². The third kappa shape index (κ3) is 4.33. The van der Waals surface area contributed by atoms with E-state index in [9.17, 15) is 18.0 Å². The van der Waals surface area contributed by atoms with Gasteiger partial charge in [0.2, 0.25) is 0 Å². The number of nitrogens with zero attached hydrogens (tertiary/aromatic N) is 3. The molecule has 2 aromatic rings. The van der Waals surface area contributed by atoms with Gasteiger partial charge in [-0.25, -0.2) is 4.68 Å². The lowest BCUT2D eigenvalue weighted by Crippen LogP contribution is -2.51. The highest BCUT2D eigenvalue weighted by Crippen LogP contribution is 2.31. The summed E-state index contributed by atoms with van der Waals surface area (Å²) < 4.78 is 40.3.